The van der Waals surface area contributed by atoms with E-state index in [0.717, 1.165) is 72.8 Å². The molecule has 4 aromatic rings. The lowest BCUT2D eigenvalue weighted by molar-refractivity contribution is -0.121. The van der Waals surface area contributed by atoms with E-state index in [1.165, 1.54) is 24.0 Å². The molecular formula is C42H48N6O3. The molecule has 51 heavy (non-hydrogen) atoms. The lowest BCUT2D eigenvalue weighted by atomic mass is 9.96. The number of likely N-dealkylation sites (tertiary alicyclic amines) is 2. The van der Waals surface area contributed by atoms with Gasteiger partial charge in [-0.05, 0) is 117 Å². The predicted octanol–water partition coefficient (Wildman–Crippen LogP) is 6.91. The van der Waals surface area contributed by atoms with Crippen LogP contribution in [-0.4, -0.2) is 63.9 Å². The summed E-state index contributed by atoms with van der Waals surface area (Å²) in [6.07, 6.45) is 9.78. The Kier molecular flexibility index (Phi) is 9.58. The molecule has 0 bridgehead atoms. The van der Waals surface area contributed by atoms with E-state index in [4.69, 9.17) is 4.74 Å². The molecule has 3 unspecified atom stereocenters. The zero-order chi connectivity index (χ0) is 34.9. The molecule has 4 fully saturated rings. The van der Waals surface area contributed by atoms with Crippen molar-refractivity contribution in [1.29, 1.82) is 0 Å². The number of amides is 2. The van der Waals surface area contributed by atoms with Crippen LogP contribution in [-0.2, 0) is 22.7 Å². The van der Waals surface area contributed by atoms with Gasteiger partial charge in [0.25, 0.3) is 0 Å². The van der Waals surface area contributed by atoms with Crippen LogP contribution in [0.25, 0.3) is 0 Å². The summed E-state index contributed by atoms with van der Waals surface area (Å²) in [7, 11) is 1.69. The standard InChI is InChI=1S/C42H48N6O3/c1-27-37(44-20-19-43-27)26-48-25-32(22-39(48)42(50)46-33-15-11-29(12-16-33)28-9-10-28)36-23-35(36)30-13-17-34(18-14-30)45-41(49)38-7-5-21-47(38)24-31-6-3-4-8-40(31)51-2/h3-4,6,8,11-20,28,32,35-36,38-39H,5,7,9-10,21-26H2,1-2H3,(H,45,49)(H,46,50)/t32?,35?,36?,38-,39-/m1/s1. The number of para-hydroxylation sites is 1. The Balaban J connectivity index is 0.895. The van der Waals surface area contributed by atoms with Crippen LogP contribution >= 0.6 is 0 Å². The fraction of sp³-hybridized carbons (Fsp3) is 0.429. The first-order chi connectivity index (χ1) is 24.9. The third-order valence-electron chi connectivity index (χ3n) is 11.6. The largest absolute Gasteiger partial charge is 0.496 e. The van der Waals surface area contributed by atoms with Crippen molar-refractivity contribution in [3.63, 3.8) is 0 Å². The number of nitrogens with one attached hydrogen (secondary N) is 2. The second-order valence-corrected chi connectivity index (χ2v) is 15.0. The number of carbonyl (C=O) groups excluding carboxylic acids is 2. The number of ether oxygens (including phenoxy) is 1. The first-order valence-electron chi connectivity index (χ1n) is 18.6. The van der Waals surface area contributed by atoms with Crippen molar-refractivity contribution in [3.8, 4) is 5.75 Å². The molecule has 2 N–H and O–H groups in total. The van der Waals surface area contributed by atoms with Crippen molar-refractivity contribution >= 4 is 23.2 Å². The fourth-order valence-corrected chi connectivity index (χ4v) is 8.48. The maximum atomic E-state index is 13.8. The van der Waals surface area contributed by atoms with Gasteiger partial charge in [-0.3, -0.25) is 29.4 Å². The predicted molar refractivity (Wildman–Crippen MR) is 198 cm³/mol. The van der Waals surface area contributed by atoms with E-state index in [1.54, 1.807) is 19.5 Å². The van der Waals surface area contributed by atoms with Gasteiger partial charge in [0.2, 0.25) is 11.8 Å². The molecule has 8 rings (SSSR count). The highest BCUT2D eigenvalue weighted by molar-refractivity contribution is 5.95. The van der Waals surface area contributed by atoms with E-state index >= 15 is 0 Å². The Labute approximate surface area is 300 Å². The van der Waals surface area contributed by atoms with Gasteiger partial charge in [0.1, 0.15) is 5.75 Å². The van der Waals surface area contributed by atoms with Crippen LogP contribution < -0.4 is 15.4 Å². The monoisotopic (exact) mass is 684 g/mol. The molecule has 9 nitrogen and oxygen atoms in total. The molecule has 3 aromatic carbocycles. The average molecular weight is 685 g/mol. The van der Waals surface area contributed by atoms with Crippen molar-refractivity contribution in [2.75, 3.05) is 30.8 Å². The Hall–Kier alpha value is -4.60. The molecule has 2 saturated carbocycles. The van der Waals surface area contributed by atoms with Crippen molar-refractivity contribution in [2.45, 2.75) is 82.5 Å². The lowest BCUT2D eigenvalue weighted by Crippen LogP contribution is -2.39. The van der Waals surface area contributed by atoms with E-state index in [-0.39, 0.29) is 23.9 Å². The fourth-order valence-electron chi connectivity index (χ4n) is 8.48. The van der Waals surface area contributed by atoms with E-state index in [9.17, 15) is 9.59 Å². The normalized spacial score (nSPS) is 24.7. The molecule has 2 aliphatic carbocycles. The smallest absolute Gasteiger partial charge is 0.241 e. The Morgan fingerprint density at radius 3 is 2.18 bits per heavy atom. The quantitative estimate of drug-likeness (QED) is 0.167. The van der Waals surface area contributed by atoms with Gasteiger partial charge in [-0.2, -0.15) is 0 Å². The summed E-state index contributed by atoms with van der Waals surface area (Å²) >= 11 is 0. The summed E-state index contributed by atoms with van der Waals surface area (Å²) in [6, 6.07) is 24.5. The molecule has 0 radical (unpaired) electrons. The topological polar surface area (TPSA) is 99.7 Å². The van der Waals surface area contributed by atoms with Gasteiger partial charge in [0.05, 0.1) is 30.6 Å². The van der Waals surface area contributed by atoms with Crippen molar-refractivity contribution < 1.29 is 14.3 Å². The van der Waals surface area contributed by atoms with E-state index in [0.29, 0.717) is 36.8 Å². The highest BCUT2D eigenvalue weighted by atomic mass is 16.5. The molecule has 5 atom stereocenters. The lowest BCUT2D eigenvalue weighted by Gasteiger charge is -2.24. The Morgan fingerprint density at radius 2 is 1.47 bits per heavy atom. The minimum atomic E-state index is -0.225. The van der Waals surface area contributed by atoms with Gasteiger partial charge in [0, 0.05) is 49.0 Å². The van der Waals surface area contributed by atoms with Crippen molar-refractivity contribution in [1.82, 2.24) is 19.8 Å². The maximum Gasteiger partial charge on any atom is 0.241 e. The summed E-state index contributed by atoms with van der Waals surface area (Å²) in [6.45, 7) is 5.04. The number of aromatic nitrogens is 2. The second kappa shape index (κ2) is 14.6. The summed E-state index contributed by atoms with van der Waals surface area (Å²) in [5.41, 5.74) is 7.29. The molecule has 1 aromatic heterocycles. The van der Waals surface area contributed by atoms with Gasteiger partial charge in [0.15, 0.2) is 0 Å². The number of benzene rings is 3. The molecule has 0 spiro atoms. The third kappa shape index (κ3) is 7.55. The average Bonchev–Trinajstić information content (AvgIpc) is 4.07. The van der Waals surface area contributed by atoms with Gasteiger partial charge in [-0.25, -0.2) is 0 Å². The van der Waals surface area contributed by atoms with Crippen LogP contribution in [0.2, 0.25) is 0 Å². The summed E-state index contributed by atoms with van der Waals surface area (Å²) in [4.78, 5) is 40.9. The molecule has 3 heterocycles. The minimum Gasteiger partial charge on any atom is -0.496 e. The molecule has 9 heteroatoms. The van der Waals surface area contributed by atoms with E-state index in [1.807, 2.05) is 49.4 Å². The zero-order valence-corrected chi connectivity index (χ0v) is 29.6. The maximum absolute atomic E-state index is 13.8. The molecule has 2 saturated heterocycles. The van der Waals surface area contributed by atoms with Gasteiger partial charge in [-0.15, -0.1) is 0 Å². The number of rotatable bonds is 12. The van der Waals surface area contributed by atoms with Crippen LogP contribution in [0.5, 0.6) is 5.75 Å². The first kappa shape index (κ1) is 33.5. The van der Waals surface area contributed by atoms with Crippen LogP contribution in [0.3, 0.4) is 0 Å². The second-order valence-electron chi connectivity index (χ2n) is 15.0. The highest BCUT2D eigenvalue weighted by Crippen LogP contribution is 2.55. The number of anilines is 2. The molecule has 4 aliphatic rings. The van der Waals surface area contributed by atoms with Gasteiger partial charge in [-0.1, -0.05) is 42.5 Å². The molecular weight excluding hydrogens is 637 g/mol. The first-order valence-corrected chi connectivity index (χ1v) is 18.6. The number of methoxy groups -OCH3 is 1. The Morgan fingerprint density at radius 1 is 0.784 bits per heavy atom. The van der Waals surface area contributed by atoms with Crippen LogP contribution in [0.15, 0.2) is 85.2 Å². The number of hydrogen-bond donors (Lipinski definition) is 2. The minimum absolute atomic E-state index is 0.0482. The number of aryl methyl sites for hydroxylation is 1. The van der Waals surface area contributed by atoms with Crippen LogP contribution in [0, 0.1) is 18.8 Å². The summed E-state index contributed by atoms with van der Waals surface area (Å²) in [5, 5.41) is 6.42. The third-order valence-corrected chi connectivity index (χ3v) is 11.6. The van der Waals surface area contributed by atoms with Crippen LogP contribution in [0.1, 0.15) is 78.4 Å². The SMILES string of the molecule is COc1ccccc1CN1CCC[C@@H]1C(=O)Nc1ccc(C2CC2C2C[C@H](C(=O)Nc3ccc(C4CC4)cc3)N(Cc3nccnc3C)C2)cc1. The van der Waals surface area contributed by atoms with Crippen molar-refractivity contribution in [2.24, 2.45) is 11.8 Å². The highest BCUT2D eigenvalue weighted by Gasteiger charge is 2.49. The molecule has 2 amide bonds. The number of nitrogens with zero attached hydrogens (tertiary/aromatic N) is 4. The van der Waals surface area contributed by atoms with E-state index < -0.39 is 0 Å². The summed E-state index contributed by atoms with van der Waals surface area (Å²) in [5.74, 6) is 3.05. The van der Waals surface area contributed by atoms with Gasteiger partial charge < -0.3 is 15.4 Å². The van der Waals surface area contributed by atoms with Crippen molar-refractivity contribution in [3.05, 3.63) is 113 Å². The van der Waals surface area contributed by atoms with Gasteiger partial charge >= 0.3 is 0 Å². The number of carbonyl (C=O) groups is 2. The summed E-state index contributed by atoms with van der Waals surface area (Å²) < 4.78 is 5.55. The zero-order valence-electron chi connectivity index (χ0n) is 29.6. The van der Waals surface area contributed by atoms with E-state index in [2.05, 4.69) is 60.7 Å². The van der Waals surface area contributed by atoms with Crippen LogP contribution in [0.4, 0.5) is 11.4 Å². The molecule has 264 valence electrons. The Bertz CT molecular complexity index is 1860. The number of hydrogen-bond acceptors (Lipinski definition) is 7. The molecule has 2 aliphatic heterocycles.